The van der Waals surface area contributed by atoms with Crippen molar-refractivity contribution in [3.05, 3.63) is 94.5 Å². The zero-order valence-electron chi connectivity index (χ0n) is 23.0. The van der Waals surface area contributed by atoms with E-state index in [-0.39, 0.29) is 23.3 Å². The third kappa shape index (κ3) is 7.61. The molecular formula is C30H36ClN3O4S. The summed E-state index contributed by atoms with van der Waals surface area (Å²) in [7, 11) is -4.10. The van der Waals surface area contributed by atoms with Crippen LogP contribution in [-0.4, -0.2) is 44.3 Å². The van der Waals surface area contributed by atoms with Gasteiger partial charge in [-0.15, -0.1) is 0 Å². The number of benzene rings is 3. The summed E-state index contributed by atoms with van der Waals surface area (Å²) in [4.78, 5) is 28.1. The molecule has 0 aromatic heterocycles. The number of hydrogen-bond acceptors (Lipinski definition) is 4. The molecule has 0 aliphatic rings. The number of hydrogen-bond donors (Lipinski definition) is 1. The van der Waals surface area contributed by atoms with Crippen molar-refractivity contribution in [1.82, 2.24) is 10.2 Å². The molecule has 1 atom stereocenters. The number of carbonyl (C=O) groups is 2. The van der Waals surface area contributed by atoms with Crippen LogP contribution in [0.3, 0.4) is 0 Å². The van der Waals surface area contributed by atoms with E-state index in [9.17, 15) is 18.0 Å². The number of aryl methyl sites for hydroxylation is 1. The molecule has 1 unspecified atom stereocenters. The van der Waals surface area contributed by atoms with E-state index in [4.69, 9.17) is 11.6 Å². The number of halogens is 1. The molecule has 0 bridgehead atoms. The van der Waals surface area contributed by atoms with Gasteiger partial charge < -0.3 is 10.2 Å². The van der Waals surface area contributed by atoms with E-state index in [1.807, 2.05) is 19.1 Å². The lowest BCUT2D eigenvalue weighted by Gasteiger charge is -2.32. The van der Waals surface area contributed by atoms with Gasteiger partial charge in [-0.1, -0.05) is 67.4 Å². The summed E-state index contributed by atoms with van der Waals surface area (Å²) in [6, 6.07) is 19.8. The minimum Gasteiger partial charge on any atom is -0.355 e. The second-order valence-electron chi connectivity index (χ2n) is 9.79. The molecule has 3 aromatic rings. The van der Waals surface area contributed by atoms with E-state index in [1.165, 1.54) is 17.0 Å². The SMILES string of the molecule is CCNC(=O)C(C)N(Cc1ccc(Cl)cc1)C(=O)CN(c1ccc(C(C)C)cc1)S(=O)(=O)c1ccc(C)cc1. The van der Waals surface area contributed by atoms with Gasteiger partial charge in [-0.2, -0.15) is 0 Å². The molecule has 1 N–H and O–H groups in total. The van der Waals surface area contributed by atoms with E-state index < -0.39 is 28.5 Å². The Labute approximate surface area is 236 Å². The minimum absolute atomic E-state index is 0.0786. The molecule has 0 radical (unpaired) electrons. The normalized spacial score (nSPS) is 12.2. The van der Waals surface area contributed by atoms with E-state index in [2.05, 4.69) is 19.2 Å². The third-order valence-corrected chi connectivity index (χ3v) is 8.56. The predicted octanol–water partition coefficient (Wildman–Crippen LogP) is 5.52. The number of carbonyl (C=O) groups excluding carboxylic acids is 2. The van der Waals surface area contributed by atoms with Crippen LogP contribution in [0.15, 0.2) is 77.7 Å². The van der Waals surface area contributed by atoms with Crippen molar-refractivity contribution < 1.29 is 18.0 Å². The number of sulfonamides is 1. The number of rotatable bonds is 11. The number of nitrogens with one attached hydrogen (secondary N) is 1. The van der Waals surface area contributed by atoms with Gasteiger partial charge in [0.15, 0.2) is 0 Å². The lowest BCUT2D eigenvalue weighted by atomic mass is 10.0. The first-order chi connectivity index (χ1) is 18.4. The van der Waals surface area contributed by atoms with Crippen LogP contribution in [0.4, 0.5) is 5.69 Å². The summed E-state index contributed by atoms with van der Waals surface area (Å²) < 4.78 is 28.9. The first kappa shape index (κ1) is 30.2. The fourth-order valence-electron chi connectivity index (χ4n) is 4.08. The van der Waals surface area contributed by atoms with Crippen molar-refractivity contribution in [2.24, 2.45) is 0 Å². The van der Waals surface area contributed by atoms with Crippen molar-refractivity contribution in [2.45, 2.75) is 58.0 Å². The predicted molar refractivity (Wildman–Crippen MR) is 156 cm³/mol. The van der Waals surface area contributed by atoms with Crippen LogP contribution in [-0.2, 0) is 26.2 Å². The summed E-state index contributed by atoms with van der Waals surface area (Å²) in [6.07, 6.45) is 0. The van der Waals surface area contributed by atoms with E-state index in [0.717, 1.165) is 21.0 Å². The van der Waals surface area contributed by atoms with Crippen LogP contribution in [0.5, 0.6) is 0 Å². The Balaban J connectivity index is 2.03. The van der Waals surface area contributed by atoms with Crippen LogP contribution >= 0.6 is 11.6 Å². The van der Waals surface area contributed by atoms with Crippen LogP contribution in [0.2, 0.25) is 5.02 Å². The van der Waals surface area contributed by atoms with Crippen LogP contribution in [0, 0.1) is 6.92 Å². The number of anilines is 1. The molecule has 9 heteroatoms. The Kier molecular flexibility index (Phi) is 10.2. The van der Waals surface area contributed by atoms with E-state index >= 15 is 0 Å². The highest BCUT2D eigenvalue weighted by Crippen LogP contribution is 2.27. The lowest BCUT2D eigenvalue weighted by molar-refractivity contribution is -0.139. The first-order valence-electron chi connectivity index (χ1n) is 12.9. The maximum atomic E-state index is 13.9. The zero-order chi connectivity index (χ0) is 28.7. The quantitative estimate of drug-likeness (QED) is 0.329. The molecule has 0 fully saturated rings. The monoisotopic (exact) mass is 569 g/mol. The molecule has 7 nitrogen and oxygen atoms in total. The Hall–Kier alpha value is -3.36. The molecule has 0 saturated carbocycles. The summed E-state index contributed by atoms with van der Waals surface area (Å²) >= 11 is 6.03. The third-order valence-electron chi connectivity index (χ3n) is 6.52. The van der Waals surface area contributed by atoms with Gasteiger partial charge in [0.25, 0.3) is 10.0 Å². The second-order valence-corrected chi connectivity index (χ2v) is 12.1. The standard InChI is InChI=1S/C30H36ClN3O4S/c1-6-32-30(36)23(5)33(19-24-9-13-26(31)14-10-24)29(35)20-34(27-15-11-25(12-16-27)21(2)3)39(37,38)28-17-7-22(4)8-18-28/h7-18,21,23H,6,19-20H2,1-5H3,(H,32,36). The molecule has 0 heterocycles. The van der Waals surface area contributed by atoms with Gasteiger partial charge in [0.2, 0.25) is 11.8 Å². The highest BCUT2D eigenvalue weighted by Gasteiger charge is 2.32. The summed E-state index contributed by atoms with van der Waals surface area (Å²) in [5.41, 5.74) is 3.10. The molecule has 3 aromatic carbocycles. The molecule has 39 heavy (non-hydrogen) atoms. The molecule has 0 spiro atoms. The van der Waals surface area contributed by atoms with Gasteiger partial charge in [0.05, 0.1) is 10.6 Å². The average Bonchev–Trinajstić information content (AvgIpc) is 2.91. The van der Waals surface area contributed by atoms with E-state index in [1.54, 1.807) is 62.4 Å². The van der Waals surface area contributed by atoms with Crippen molar-refractivity contribution in [3.8, 4) is 0 Å². The zero-order valence-corrected chi connectivity index (χ0v) is 24.6. The fraction of sp³-hybridized carbons (Fsp3) is 0.333. The van der Waals surface area contributed by atoms with Crippen molar-refractivity contribution in [1.29, 1.82) is 0 Å². The van der Waals surface area contributed by atoms with Gasteiger partial charge in [0.1, 0.15) is 12.6 Å². The molecule has 0 aliphatic carbocycles. The van der Waals surface area contributed by atoms with Crippen molar-refractivity contribution in [3.63, 3.8) is 0 Å². The number of amides is 2. The molecule has 0 saturated heterocycles. The molecular weight excluding hydrogens is 534 g/mol. The fourth-order valence-corrected chi connectivity index (χ4v) is 5.62. The van der Waals surface area contributed by atoms with Gasteiger partial charge in [-0.25, -0.2) is 8.42 Å². The molecule has 0 aliphatic heterocycles. The van der Waals surface area contributed by atoms with Gasteiger partial charge in [-0.3, -0.25) is 13.9 Å². The summed E-state index contributed by atoms with van der Waals surface area (Å²) in [6.45, 7) is 9.45. The molecule has 208 valence electrons. The average molecular weight is 570 g/mol. The number of likely N-dealkylation sites (N-methyl/N-ethyl adjacent to an activating group) is 1. The van der Waals surface area contributed by atoms with Gasteiger partial charge in [0, 0.05) is 18.1 Å². The molecule has 3 rings (SSSR count). The van der Waals surface area contributed by atoms with E-state index in [0.29, 0.717) is 17.3 Å². The van der Waals surface area contributed by atoms with Crippen molar-refractivity contribution in [2.75, 3.05) is 17.4 Å². The van der Waals surface area contributed by atoms with Gasteiger partial charge in [-0.05, 0) is 74.2 Å². The maximum Gasteiger partial charge on any atom is 0.264 e. The Morgan fingerprint density at radius 1 is 0.897 bits per heavy atom. The highest BCUT2D eigenvalue weighted by atomic mass is 35.5. The summed E-state index contributed by atoms with van der Waals surface area (Å²) in [5.74, 6) is -0.572. The topological polar surface area (TPSA) is 86.8 Å². The van der Waals surface area contributed by atoms with Crippen LogP contribution in [0.25, 0.3) is 0 Å². The Bertz CT molecular complexity index is 1370. The number of nitrogens with zero attached hydrogens (tertiary/aromatic N) is 2. The Morgan fingerprint density at radius 3 is 2.03 bits per heavy atom. The minimum atomic E-state index is -4.10. The summed E-state index contributed by atoms with van der Waals surface area (Å²) in [5, 5.41) is 3.30. The van der Waals surface area contributed by atoms with Crippen LogP contribution < -0.4 is 9.62 Å². The Morgan fingerprint density at radius 2 is 1.49 bits per heavy atom. The maximum absolute atomic E-state index is 13.9. The lowest BCUT2D eigenvalue weighted by Crippen LogP contribution is -2.51. The van der Waals surface area contributed by atoms with Crippen LogP contribution in [0.1, 0.15) is 50.3 Å². The second kappa shape index (κ2) is 13.1. The van der Waals surface area contributed by atoms with Gasteiger partial charge >= 0.3 is 0 Å². The highest BCUT2D eigenvalue weighted by molar-refractivity contribution is 7.92. The smallest absolute Gasteiger partial charge is 0.264 e. The molecule has 2 amide bonds. The first-order valence-corrected chi connectivity index (χ1v) is 14.8. The largest absolute Gasteiger partial charge is 0.355 e. The van der Waals surface area contributed by atoms with Crippen molar-refractivity contribution >= 4 is 39.1 Å².